The lowest BCUT2D eigenvalue weighted by Crippen LogP contribution is -2.14. The van der Waals surface area contributed by atoms with Crippen LogP contribution < -0.4 is 5.73 Å². The first kappa shape index (κ1) is 13.5. The second-order valence-corrected chi connectivity index (χ2v) is 6.26. The van der Waals surface area contributed by atoms with E-state index in [1.807, 2.05) is 19.9 Å². The molecule has 0 saturated heterocycles. The minimum Gasteiger partial charge on any atom is -0.383 e. The number of hydrogen-bond donors (Lipinski definition) is 2. The fraction of sp³-hybridized carbons (Fsp3) is 0.429. The van der Waals surface area contributed by atoms with Crippen LogP contribution in [0.15, 0.2) is 6.07 Å². The third-order valence-electron chi connectivity index (χ3n) is 3.29. The van der Waals surface area contributed by atoms with Gasteiger partial charge in [-0.1, -0.05) is 20.8 Å². The van der Waals surface area contributed by atoms with Crippen LogP contribution in [0.3, 0.4) is 0 Å². The van der Waals surface area contributed by atoms with Crippen LogP contribution in [0, 0.1) is 13.8 Å². The first-order valence-electron chi connectivity index (χ1n) is 6.83. The Labute approximate surface area is 122 Å². The third-order valence-corrected chi connectivity index (χ3v) is 3.29. The quantitative estimate of drug-likeness (QED) is 0.713. The van der Waals surface area contributed by atoms with Crippen molar-refractivity contribution >= 4 is 16.9 Å². The van der Waals surface area contributed by atoms with E-state index in [2.05, 4.69) is 40.9 Å². The Morgan fingerprint density at radius 2 is 1.90 bits per heavy atom. The molecule has 7 heteroatoms. The number of nitrogens with one attached hydrogen (secondary N) is 1. The van der Waals surface area contributed by atoms with Crippen molar-refractivity contribution in [2.24, 2.45) is 0 Å². The normalized spacial score (nSPS) is 12.2. The Hall–Kier alpha value is -2.44. The molecule has 21 heavy (non-hydrogen) atoms. The summed E-state index contributed by atoms with van der Waals surface area (Å²) in [6, 6.07) is 1.89. The van der Waals surface area contributed by atoms with Gasteiger partial charge in [-0.05, 0) is 13.8 Å². The van der Waals surface area contributed by atoms with Crippen LogP contribution in [0.5, 0.6) is 0 Å². The van der Waals surface area contributed by atoms with E-state index in [0.717, 1.165) is 16.8 Å². The number of hydrogen-bond acceptors (Lipinski definition) is 5. The molecule has 0 saturated carbocycles. The molecule has 3 N–H and O–H groups in total. The van der Waals surface area contributed by atoms with Gasteiger partial charge in [0.1, 0.15) is 11.6 Å². The molecule has 0 atom stereocenters. The van der Waals surface area contributed by atoms with Crippen LogP contribution in [0.2, 0.25) is 0 Å². The highest BCUT2D eigenvalue weighted by Gasteiger charge is 2.26. The third kappa shape index (κ3) is 2.14. The SMILES string of the molecule is Cc1cc(-n2nc(C(C)(C)C)c3c(N)[nH]nc32)nc(C)n1. The van der Waals surface area contributed by atoms with E-state index in [0.29, 0.717) is 23.1 Å². The van der Waals surface area contributed by atoms with E-state index in [9.17, 15) is 0 Å². The number of aromatic amines is 1. The number of nitrogens with zero attached hydrogens (tertiary/aromatic N) is 5. The summed E-state index contributed by atoms with van der Waals surface area (Å²) in [5.74, 6) is 1.94. The van der Waals surface area contributed by atoms with Gasteiger partial charge in [-0.15, -0.1) is 0 Å². The Morgan fingerprint density at radius 3 is 2.52 bits per heavy atom. The first-order chi connectivity index (χ1) is 9.77. The molecule has 0 unspecified atom stereocenters. The van der Waals surface area contributed by atoms with Crippen molar-refractivity contribution in [1.29, 1.82) is 0 Å². The van der Waals surface area contributed by atoms with Gasteiger partial charge in [0, 0.05) is 17.2 Å². The van der Waals surface area contributed by atoms with Crippen LogP contribution in [0.1, 0.15) is 38.0 Å². The molecule has 0 aliphatic rings. The molecule has 0 radical (unpaired) electrons. The zero-order chi connectivity index (χ0) is 15.4. The highest BCUT2D eigenvalue weighted by atomic mass is 15.4. The lowest BCUT2D eigenvalue weighted by molar-refractivity contribution is 0.563. The van der Waals surface area contributed by atoms with Gasteiger partial charge in [0.2, 0.25) is 0 Å². The van der Waals surface area contributed by atoms with Gasteiger partial charge in [0.25, 0.3) is 0 Å². The maximum absolute atomic E-state index is 6.02. The molecule has 3 heterocycles. The molecule has 0 aliphatic carbocycles. The summed E-state index contributed by atoms with van der Waals surface area (Å²) in [5, 5.41) is 12.7. The molecule has 0 amide bonds. The van der Waals surface area contributed by atoms with Crippen molar-refractivity contribution in [3.63, 3.8) is 0 Å². The summed E-state index contributed by atoms with van der Waals surface area (Å²) in [6.45, 7) is 10.1. The molecule has 0 aliphatic heterocycles. The van der Waals surface area contributed by atoms with E-state index in [1.54, 1.807) is 4.68 Å². The standard InChI is InChI=1S/C14H19N7/c1-7-6-9(17-8(2)16-7)21-13-10(12(15)18-19-13)11(20-21)14(3,4)5/h6H,1-5H3,(H3,15,18,19). The first-order valence-corrected chi connectivity index (χ1v) is 6.83. The van der Waals surface area contributed by atoms with Crippen molar-refractivity contribution in [2.45, 2.75) is 40.0 Å². The van der Waals surface area contributed by atoms with E-state index < -0.39 is 0 Å². The highest BCUT2D eigenvalue weighted by molar-refractivity contribution is 5.90. The van der Waals surface area contributed by atoms with Crippen molar-refractivity contribution in [3.05, 3.63) is 23.3 Å². The number of fused-ring (bicyclic) bond motifs is 1. The van der Waals surface area contributed by atoms with Gasteiger partial charge in [0.05, 0.1) is 11.1 Å². The second kappa shape index (κ2) is 4.28. The van der Waals surface area contributed by atoms with Gasteiger partial charge < -0.3 is 5.73 Å². The Balaban J connectivity index is 2.34. The zero-order valence-corrected chi connectivity index (χ0v) is 12.9. The number of aryl methyl sites for hydroxylation is 2. The molecule has 0 aromatic carbocycles. The topological polar surface area (TPSA) is 98.3 Å². The molecule has 0 spiro atoms. The maximum atomic E-state index is 6.02. The molecule has 0 bridgehead atoms. The number of aromatic nitrogens is 6. The molecular formula is C14H19N7. The fourth-order valence-corrected chi connectivity index (χ4v) is 2.42. The Kier molecular flexibility index (Phi) is 2.76. The molecule has 0 fully saturated rings. The number of H-pyrrole nitrogens is 1. The average Bonchev–Trinajstić information content (AvgIpc) is 2.88. The summed E-state index contributed by atoms with van der Waals surface area (Å²) in [7, 11) is 0. The zero-order valence-electron chi connectivity index (χ0n) is 12.9. The van der Waals surface area contributed by atoms with Gasteiger partial charge in [-0.3, -0.25) is 5.10 Å². The highest BCUT2D eigenvalue weighted by Crippen LogP contribution is 2.32. The van der Waals surface area contributed by atoms with Crippen LogP contribution >= 0.6 is 0 Å². The van der Waals surface area contributed by atoms with Crippen LogP contribution in [-0.2, 0) is 5.41 Å². The van der Waals surface area contributed by atoms with E-state index in [-0.39, 0.29) is 5.41 Å². The summed E-state index contributed by atoms with van der Waals surface area (Å²) in [5.41, 5.74) is 8.36. The van der Waals surface area contributed by atoms with Gasteiger partial charge >= 0.3 is 0 Å². The van der Waals surface area contributed by atoms with Crippen molar-refractivity contribution in [2.75, 3.05) is 5.73 Å². The number of nitrogens with two attached hydrogens (primary N) is 1. The van der Waals surface area contributed by atoms with Gasteiger partial charge in [-0.2, -0.15) is 14.9 Å². The van der Waals surface area contributed by atoms with Crippen LogP contribution in [0.25, 0.3) is 16.9 Å². The molecule has 3 aromatic heterocycles. The number of anilines is 1. The molecule has 110 valence electrons. The predicted octanol–water partition coefficient (Wildman–Crippen LogP) is 2.04. The largest absolute Gasteiger partial charge is 0.383 e. The summed E-state index contributed by atoms with van der Waals surface area (Å²) in [4.78, 5) is 8.75. The van der Waals surface area contributed by atoms with Crippen molar-refractivity contribution < 1.29 is 0 Å². The Morgan fingerprint density at radius 1 is 1.19 bits per heavy atom. The molecule has 3 aromatic rings. The molecule has 7 nitrogen and oxygen atoms in total. The maximum Gasteiger partial charge on any atom is 0.188 e. The predicted molar refractivity (Wildman–Crippen MR) is 81.4 cm³/mol. The van der Waals surface area contributed by atoms with Crippen molar-refractivity contribution in [3.8, 4) is 5.82 Å². The fourth-order valence-electron chi connectivity index (χ4n) is 2.42. The van der Waals surface area contributed by atoms with E-state index >= 15 is 0 Å². The summed E-state index contributed by atoms with van der Waals surface area (Å²) >= 11 is 0. The van der Waals surface area contributed by atoms with Crippen LogP contribution in [-0.4, -0.2) is 29.9 Å². The van der Waals surface area contributed by atoms with E-state index in [1.165, 1.54) is 0 Å². The van der Waals surface area contributed by atoms with E-state index in [4.69, 9.17) is 10.8 Å². The number of rotatable bonds is 1. The molecular weight excluding hydrogens is 266 g/mol. The average molecular weight is 285 g/mol. The smallest absolute Gasteiger partial charge is 0.188 e. The minimum atomic E-state index is -0.140. The summed E-state index contributed by atoms with van der Waals surface area (Å²) < 4.78 is 1.73. The Bertz CT molecular complexity index is 800. The van der Waals surface area contributed by atoms with Crippen LogP contribution in [0.4, 0.5) is 5.82 Å². The van der Waals surface area contributed by atoms with Gasteiger partial charge in [0.15, 0.2) is 11.5 Å². The minimum absolute atomic E-state index is 0.140. The lowest BCUT2D eigenvalue weighted by Gasteiger charge is -2.15. The monoisotopic (exact) mass is 285 g/mol. The molecule has 3 rings (SSSR count). The van der Waals surface area contributed by atoms with Gasteiger partial charge in [-0.25, -0.2) is 9.97 Å². The number of nitrogen functional groups attached to an aromatic ring is 1. The van der Waals surface area contributed by atoms with Crippen molar-refractivity contribution in [1.82, 2.24) is 29.9 Å². The lowest BCUT2D eigenvalue weighted by atomic mass is 9.91. The summed E-state index contributed by atoms with van der Waals surface area (Å²) in [6.07, 6.45) is 0. The second-order valence-electron chi connectivity index (χ2n) is 6.26.